The van der Waals surface area contributed by atoms with E-state index in [0.717, 1.165) is 11.3 Å². The third kappa shape index (κ3) is 4.61. The zero-order valence-corrected chi connectivity index (χ0v) is 13.3. The van der Waals surface area contributed by atoms with Crippen molar-refractivity contribution < 1.29 is 18.3 Å². The maximum Gasteiger partial charge on any atom is 0.321 e. The minimum atomic E-state index is -3.93. The van der Waals surface area contributed by atoms with E-state index in [4.69, 9.17) is 28.3 Å². The number of nitrogens with one attached hydrogen (secondary N) is 1. The van der Waals surface area contributed by atoms with E-state index < -0.39 is 22.0 Å². The van der Waals surface area contributed by atoms with Crippen LogP contribution in [-0.4, -0.2) is 25.5 Å². The van der Waals surface area contributed by atoms with Gasteiger partial charge in [0.15, 0.2) is 0 Å². The third-order valence-corrected chi connectivity index (χ3v) is 6.00. The van der Waals surface area contributed by atoms with Crippen LogP contribution < -0.4 is 4.72 Å². The number of rotatable bonds is 6. The Morgan fingerprint density at radius 2 is 2.05 bits per heavy atom. The summed E-state index contributed by atoms with van der Waals surface area (Å²) in [7, 11) is -3.93. The van der Waals surface area contributed by atoms with Crippen LogP contribution in [0.4, 0.5) is 0 Å². The molecule has 1 aromatic heterocycles. The number of carboxylic acids is 1. The van der Waals surface area contributed by atoms with Gasteiger partial charge in [-0.3, -0.25) is 4.79 Å². The van der Waals surface area contributed by atoms with Crippen molar-refractivity contribution in [3.05, 3.63) is 15.4 Å². The van der Waals surface area contributed by atoms with Gasteiger partial charge in [-0.25, -0.2) is 8.42 Å². The molecule has 0 saturated heterocycles. The van der Waals surface area contributed by atoms with Gasteiger partial charge in [-0.2, -0.15) is 4.72 Å². The summed E-state index contributed by atoms with van der Waals surface area (Å²) >= 11 is 12.2. The predicted molar refractivity (Wildman–Crippen MR) is 75.5 cm³/mol. The van der Waals surface area contributed by atoms with Crippen molar-refractivity contribution in [3.63, 3.8) is 0 Å². The second kappa shape index (κ2) is 6.41. The Hall–Kier alpha value is -0.340. The largest absolute Gasteiger partial charge is 0.480 e. The van der Waals surface area contributed by atoms with Crippen molar-refractivity contribution in [2.24, 2.45) is 5.92 Å². The summed E-state index contributed by atoms with van der Waals surface area (Å²) in [6.45, 7) is 3.62. The lowest BCUT2D eigenvalue weighted by Gasteiger charge is -2.15. The molecule has 1 heterocycles. The van der Waals surface area contributed by atoms with Crippen LogP contribution in [0, 0.1) is 5.92 Å². The summed E-state index contributed by atoms with van der Waals surface area (Å²) < 4.78 is 26.2. The molecule has 1 aromatic rings. The number of hydrogen-bond acceptors (Lipinski definition) is 4. The molecule has 108 valence electrons. The molecular weight excluding hydrogens is 333 g/mol. The van der Waals surface area contributed by atoms with Crippen LogP contribution in [0.2, 0.25) is 9.36 Å². The topological polar surface area (TPSA) is 83.5 Å². The molecule has 9 heteroatoms. The minimum absolute atomic E-state index is 0.0410. The van der Waals surface area contributed by atoms with E-state index in [1.807, 2.05) is 13.8 Å². The van der Waals surface area contributed by atoms with Crippen molar-refractivity contribution >= 4 is 50.5 Å². The van der Waals surface area contributed by atoms with Crippen LogP contribution in [-0.2, 0) is 14.8 Å². The molecule has 0 radical (unpaired) electrons. The molecule has 1 rings (SSSR count). The highest BCUT2D eigenvalue weighted by molar-refractivity contribution is 7.91. The molecule has 0 aliphatic rings. The van der Waals surface area contributed by atoms with Gasteiger partial charge in [-0.05, 0) is 18.4 Å². The zero-order valence-electron chi connectivity index (χ0n) is 10.2. The second-order valence-corrected chi connectivity index (χ2v) is 8.33. The van der Waals surface area contributed by atoms with Crippen molar-refractivity contribution in [2.45, 2.75) is 30.5 Å². The molecule has 19 heavy (non-hydrogen) atoms. The molecule has 0 aromatic carbocycles. The fourth-order valence-electron chi connectivity index (χ4n) is 1.38. The SMILES string of the molecule is CC(C)CC(NS(=O)(=O)c1cc(Cl)c(Cl)s1)C(=O)O. The number of sulfonamides is 1. The molecule has 1 unspecified atom stereocenters. The monoisotopic (exact) mass is 345 g/mol. The van der Waals surface area contributed by atoms with Crippen LogP contribution in [0.15, 0.2) is 10.3 Å². The van der Waals surface area contributed by atoms with E-state index in [1.54, 1.807) is 0 Å². The van der Waals surface area contributed by atoms with Gasteiger partial charge >= 0.3 is 5.97 Å². The van der Waals surface area contributed by atoms with Gasteiger partial charge in [-0.15, -0.1) is 11.3 Å². The van der Waals surface area contributed by atoms with Gasteiger partial charge in [0.2, 0.25) is 0 Å². The number of thiophene rings is 1. The van der Waals surface area contributed by atoms with Gasteiger partial charge in [0.1, 0.15) is 14.6 Å². The minimum Gasteiger partial charge on any atom is -0.480 e. The maximum absolute atomic E-state index is 12.0. The Balaban J connectivity index is 2.97. The Morgan fingerprint density at radius 1 is 1.47 bits per heavy atom. The Labute approximate surface area is 125 Å². The van der Waals surface area contributed by atoms with Gasteiger partial charge in [0.05, 0.1) is 5.02 Å². The second-order valence-electron chi connectivity index (χ2n) is 4.33. The normalized spacial score (nSPS) is 13.7. The van der Waals surface area contributed by atoms with Crippen LogP contribution in [0.3, 0.4) is 0 Å². The van der Waals surface area contributed by atoms with E-state index in [9.17, 15) is 13.2 Å². The lowest BCUT2D eigenvalue weighted by Crippen LogP contribution is -2.41. The fourth-order valence-corrected chi connectivity index (χ4v) is 4.47. The number of halogens is 2. The summed E-state index contributed by atoms with van der Waals surface area (Å²) in [6, 6.07) is 0.0233. The molecule has 0 spiro atoms. The summed E-state index contributed by atoms with van der Waals surface area (Å²) in [6.07, 6.45) is 0.196. The van der Waals surface area contributed by atoms with Crippen LogP contribution >= 0.6 is 34.5 Å². The summed E-state index contributed by atoms with van der Waals surface area (Å²) in [4.78, 5) is 11.0. The average Bonchev–Trinajstić information content (AvgIpc) is 2.58. The molecule has 0 amide bonds. The predicted octanol–water partition coefficient (Wildman–Crippen LogP) is 2.83. The van der Waals surface area contributed by atoms with Crippen molar-refractivity contribution in [1.29, 1.82) is 0 Å². The fraction of sp³-hybridized carbons (Fsp3) is 0.500. The molecule has 0 saturated carbocycles. The van der Waals surface area contributed by atoms with Gasteiger partial charge < -0.3 is 5.11 Å². The van der Waals surface area contributed by atoms with Gasteiger partial charge in [0.25, 0.3) is 10.0 Å². The lowest BCUT2D eigenvalue weighted by molar-refractivity contribution is -0.139. The highest BCUT2D eigenvalue weighted by Gasteiger charge is 2.27. The third-order valence-electron chi connectivity index (χ3n) is 2.19. The number of carbonyl (C=O) groups is 1. The summed E-state index contributed by atoms with van der Waals surface area (Å²) in [5.41, 5.74) is 0. The number of carboxylic acid groups (broad SMARTS) is 1. The Kier molecular flexibility index (Phi) is 5.64. The molecule has 5 nitrogen and oxygen atoms in total. The van der Waals surface area contributed by atoms with Crippen molar-refractivity contribution in [1.82, 2.24) is 4.72 Å². The molecule has 0 bridgehead atoms. The zero-order chi connectivity index (χ0) is 14.8. The van der Waals surface area contributed by atoms with E-state index in [-0.39, 0.29) is 25.9 Å². The number of aliphatic carboxylic acids is 1. The smallest absolute Gasteiger partial charge is 0.321 e. The number of hydrogen-bond donors (Lipinski definition) is 2. The van der Waals surface area contributed by atoms with E-state index in [2.05, 4.69) is 4.72 Å². The van der Waals surface area contributed by atoms with E-state index >= 15 is 0 Å². The van der Waals surface area contributed by atoms with Crippen LogP contribution in [0.25, 0.3) is 0 Å². The first-order valence-electron chi connectivity index (χ1n) is 5.33. The van der Waals surface area contributed by atoms with Crippen LogP contribution in [0.5, 0.6) is 0 Å². The molecule has 0 aliphatic carbocycles. The van der Waals surface area contributed by atoms with Crippen molar-refractivity contribution in [2.75, 3.05) is 0 Å². The van der Waals surface area contributed by atoms with Gasteiger partial charge in [0, 0.05) is 0 Å². The highest BCUT2D eigenvalue weighted by atomic mass is 35.5. The summed E-state index contributed by atoms with van der Waals surface area (Å²) in [5.74, 6) is -1.18. The van der Waals surface area contributed by atoms with E-state index in [0.29, 0.717) is 0 Å². The molecular formula is C10H13Cl2NO4S2. The Morgan fingerprint density at radius 3 is 2.42 bits per heavy atom. The van der Waals surface area contributed by atoms with Gasteiger partial charge in [-0.1, -0.05) is 37.0 Å². The quantitative estimate of drug-likeness (QED) is 0.830. The van der Waals surface area contributed by atoms with Crippen LogP contribution in [0.1, 0.15) is 20.3 Å². The lowest BCUT2D eigenvalue weighted by atomic mass is 10.1. The maximum atomic E-state index is 12.0. The molecule has 2 N–H and O–H groups in total. The first-order chi connectivity index (χ1) is 8.63. The Bertz CT molecular complexity index is 549. The first kappa shape index (κ1) is 16.7. The molecule has 1 atom stereocenters. The standard InChI is InChI=1S/C10H13Cl2NO4S2/c1-5(2)3-7(10(14)15)13-19(16,17)8-4-6(11)9(12)18-8/h4-5,7,13H,3H2,1-2H3,(H,14,15). The average molecular weight is 346 g/mol. The molecule has 0 aliphatic heterocycles. The van der Waals surface area contributed by atoms with E-state index in [1.165, 1.54) is 6.07 Å². The highest BCUT2D eigenvalue weighted by Crippen LogP contribution is 2.34. The first-order valence-corrected chi connectivity index (χ1v) is 8.39. The molecule has 0 fully saturated rings. The van der Waals surface area contributed by atoms with Crippen molar-refractivity contribution in [3.8, 4) is 0 Å². The summed E-state index contributed by atoms with van der Waals surface area (Å²) in [5, 5.41) is 9.14.